The van der Waals surface area contributed by atoms with E-state index in [1.807, 2.05) is 66.8 Å². The molecule has 0 N–H and O–H groups in total. The van der Waals surface area contributed by atoms with Crippen molar-refractivity contribution in [1.29, 1.82) is 0 Å². The molecule has 0 heterocycles. The summed E-state index contributed by atoms with van der Waals surface area (Å²) >= 11 is 0. The van der Waals surface area contributed by atoms with Crippen molar-refractivity contribution in [3.05, 3.63) is 83.8 Å². The van der Waals surface area contributed by atoms with E-state index in [0.29, 0.717) is 0 Å². The highest BCUT2D eigenvalue weighted by molar-refractivity contribution is 5.39. The zero-order valence-corrected chi connectivity index (χ0v) is 9.34. The van der Waals surface area contributed by atoms with Crippen LogP contribution in [-0.4, -0.2) is 0 Å². The highest BCUT2D eigenvalue weighted by Crippen LogP contribution is 1.81. The van der Waals surface area contributed by atoms with E-state index in [1.165, 1.54) is 0 Å². The number of allylic oxidation sites excluding steroid dienone is 7. The molecule has 0 atom stereocenters. The third-order valence-electron chi connectivity index (χ3n) is 2.02. The van der Waals surface area contributed by atoms with Crippen LogP contribution in [0.2, 0.25) is 0 Å². The zero-order chi connectivity index (χ0) is 11.6. The van der Waals surface area contributed by atoms with Gasteiger partial charge in [0.05, 0.1) is 0 Å². The molecule has 0 aliphatic heterocycles. The molecule has 0 aromatic heterocycles. The summed E-state index contributed by atoms with van der Waals surface area (Å²) in [5.74, 6) is 0. The van der Waals surface area contributed by atoms with Crippen molar-refractivity contribution in [3.63, 3.8) is 0 Å². The average Bonchev–Trinajstić information content (AvgIpc) is 2.30. The van der Waals surface area contributed by atoms with E-state index in [1.54, 1.807) is 6.08 Å². The van der Waals surface area contributed by atoms with Gasteiger partial charge in [-0.2, -0.15) is 0 Å². The predicted molar refractivity (Wildman–Crippen MR) is 73.3 cm³/mol. The molecule has 0 amide bonds. The van der Waals surface area contributed by atoms with Crippen LogP contribution >= 0.6 is 0 Å². The minimum atomic E-state index is 1.04. The maximum absolute atomic E-state index is 3.95. The van der Waals surface area contributed by atoms with E-state index < -0.39 is 0 Å². The van der Waals surface area contributed by atoms with Crippen LogP contribution in [0.1, 0.15) is 0 Å². The summed E-state index contributed by atoms with van der Waals surface area (Å²) in [5.41, 5.74) is 0. The second-order valence-corrected chi connectivity index (χ2v) is 3.26. The van der Waals surface area contributed by atoms with Crippen molar-refractivity contribution in [2.24, 2.45) is 0 Å². The number of rotatable bonds is 4. The Hall–Kier alpha value is -2.08. The van der Waals surface area contributed by atoms with Crippen LogP contribution in [-0.2, 0) is 0 Å². The molecule has 1 rings (SSSR count). The molecule has 0 radical (unpaired) electrons. The van der Waals surface area contributed by atoms with Crippen LogP contribution in [0.15, 0.2) is 73.4 Å². The summed E-state index contributed by atoms with van der Waals surface area (Å²) < 4.78 is 0. The summed E-state index contributed by atoms with van der Waals surface area (Å²) in [6.07, 6.45) is 15.5. The molecule has 0 fully saturated rings. The minimum Gasteiger partial charge on any atom is -0.0991 e. The Kier molecular flexibility index (Phi) is 5.43. The zero-order valence-electron chi connectivity index (χ0n) is 9.34. The van der Waals surface area contributed by atoms with E-state index in [9.17, 15) is 0 Å². The van der Waals surface area contributed by atoms with E-state index in [0.717, 1.165) is 10.4 Å². The summed E-state index contributed by atoms with van der Waals surface area (Å²) in [5, 5.41) is 2.19. The molecule has 0 spiro atoms. The topological polar surface area (TPSA) is 0 Å². The molecule has 0 aliphatic rings. The van der Waals surface area contributed by atoms with Crippen LogP contribution in [0.4, 0.5) is 0 Å². The van der Waals surface area contributed by atoms with Gasteiger partial charge in [-0.05, 0) is 10.4 Å². The van der Waals surface area contributed by atoms with E-state index in [-0.39, 0.29) is 0 Å². The molecule has 16 heavy (non-hydrogen) atoms. The lowest BCUT2D eigenvalue weighted by Crippen LogP contribution is -2.21. The first-order valence-electron chi connectivity index (χ1n) is 5.21. The van der Waals surface area contributed by atoms with Gasteiger partial charge in [-0.25, -0.2) is 0 Å². The summed E-state index contributed by atoms with van der Waals surface area (Å²) in [6, 6.07) is 8.05. The van der Waals surface area contributed by atoms with Crippen LogP contribution in [0, 0.1) is 0 Å². The van der Waals surface area contributed by atoms with Crippen LogP contribution in [0.3, 0.4) is 0 Å². The van der Waals surface area contributed by atoms with Gasteiger partial charge < -0.3 is 0 Å². The van der Waals surface area contributed by atoms with Gasteiger partial charge in [-0.15, -0.1) is 0 Å². The Balaban J connectivity index is 2.67. The molecule has 0 bridgehead atoms. The van der Waals surface area contributed by atoms with Gasteiger partial charge >= 0.3 is 0 Å². The van der Waals surface area contributed by atoms with Crippen molar-refractivity contribution >= 4 is 12.7 Å². The van der Waals surface area contributed by atoms with E-state index in [4.69, 9.17) is 0 Å². The van der Waals surface area contributed by atoms with Gasteiger partial charge in [0.25, 0.3) is 0 Å². The second-order valence-electron chi connectivity index (χ2n) is 3.26. The first kappa shape index (κ1) is 12.0. The van der Waals surface area contributed by atoms with Gasteiger partial charge in [0, 0.05) is 0 Å². The standard InChI is InChI=1S/C16H16/c1-3-4-5-6-7-8-9-13-16-14-11-10-12-15(16)2/h3-14H,1-2H2. The summed E-state index contributed by atoms with van der Waals surface area (Å²) in [7, 11) is 0. The molecule has 0 saturated heterocycles. The molecular formula is C16H16. The molecule has 0 unspecified atom stereocenters. The first-order chi connectivity index (χ1) is 7.84. The Labute approximate surface area is 96.9 Å². The quantitative estimate of drug-likeness (QED) is 0.667. The molecule has 0 aliphatic carbocycles. The lowest BCUT2D eigenvalue weighted by atomic mass is 10.2. The number of hydrogen-bond donors (Lipinski definition) is 0. The molecule has 0 heteroatoms. The highest BCUT2D eigenvalue weighted by Gasteiger charge is 1.76. The fourth-order valence-corrected chi connectivity index (χ4v) is 1.19. The Morgan fingerprint density at radius 3 is 2.12 bits per heavy atom. The van der Waals surface area contributed by atoms with Gasteiger partial charge in [0.1, 0.15) is 0 Å². The number of hydrogen-bond acceptors (Lipinski definition) is 0. The molecule has 0 saturated carbocycles. The molecule has 1 aromatic carbocycles. The van der Waals surface area contributed by atoms with Crippen molar-refractivity contribution in [2.75, 3.05) is 0 Å². The SMILES string of the molecule is C=CC=CC=CC=CC=c1ccccc1=C. The molecule has 80 valence electrons. The van der Waals surface area contributed by atoms with Gasteiger partial charge in [-0.1, -0.05) is 86.0 Å². The fraction of sp³-hybridized carbons (Fsp3) is 0. The normalized spacial score (nSPS) is 13.1. The average molecular weight is 208 g/mol. The minimum absolute atomic E-state index is 1.04. The fourth-order valence-electron chi connectivity index (χ4n) is 1.19. The lowest BCUT2D eigenvalue weighted by Gasteiger charge is -1.84. The predicted octanol–water partition coefficient (Wildman–Crippen LogP) is 2.73. The second kappa shape index (κ2) is 7.24. The maximum Gasteiger partial charge on any atom is -0.0190 e. The van der Waals surface area contributed by atoms with Crippen LogP contribution < -0.4 is 10.4 Å². The first-order valence-corrected chi connectivity index (χ1v) is 5.21. The van der Waals surface area contributed by atoms with Crippen LogP contribution in [0.5, 0.6) is 0 Å². The smallest absolute Gasteiger partial charge is 0.0190 e. The molecular weight excluding hydrogens is 192 g/mol. The van der Waals surface area contributed by atoms with Gasteiger partial charge in [-0.3, -0.25) is 0 Å². The lowest BCUT2D eigenvalue weighted by molar-refractivity contribution is 1.53. The molecule has 0 nitrogen and oxygen atoms in total. The van der Waals surface area contributed by atoms with Crippen LogP contribution in [0.25, 0.3) is 12.7 Å². The van der Waals surface area contributed by atoms with Crippen molar-refractivity contribution < 1.29 is 0 Å². The largest absolute Gasteiger partial charge is 0.0991 e. The summed E-state index contributed by atoms with van der Waals surface area (Å²) in [4.78, 5) is 0. The monoisotopic (exact) mass is 208 g/mol. The third kappa shape index (κ3) is 4.43. The molecule has 1 aromatic rings. The maximum atomic E-state index is 3.95. The van der Waals surface area contributed by atoms with E-state index >= 15 is 0 Å². The summed E-state index contributed by atoms with van der Waals surface area (Å²) in [6.45, 7) is 7.55. The Morgan fingerprint density at radius 1 is 0.812 bits per heavy atom. The van der Waals surface area contributed by atoms with Crippen molar-refractivity contribution in [1.82, 2.24) is 0 Å². The Bertz CT molecular complexity index is 513. The van der Waals surface area contributed by atoms with E-state index in [2.05, 4.69) is 13.2 Å². The number of benzene rings is 1. The Morgan fingerprint density at radius 2 is 1.44 bits per heavy atom. The van der Waals surface area contributed by atoms with Gasteiger partial charge in [0.15, 0.2) is 0 Å². The van der Waals surface area contributed by atoms with Crippen molar-refractivity contribution in [3.8, 4) is 0 Å². The highest BCUT2D eigenvalue weighted by atomic mass is 13.8. The third-order valence-corrected chi connectivity index (χ3v) is 2.02. The van der Waals surface area contributed by atoms with Gasteiger partial charge in [0.2, 0.25) is 0 Å². The van der Waals surface area contributed by atoms with Crippen molar-refractivity contribution in [2.45, 2.75) is 0 Å².